The summed E-state index contributed by atoms with van der Waals surface area (Å²) in [4.78, 5) is 17.0. The van der Waals surface area contributed by atoms with Gasteiger partial charge in [0.25, 0.3) is 5.91 Å². The maximum absolute atomic E-state index is 12.7. The third-order valence-corrected chi connectivity index (χ3v) is 5.20. The van der Waals surface area contributed by atoms with Gasteiger partial charge in [0.1, 0.15) is 0 Å². The average Bonchev–Trinajstić information content (AvgIpc) is 3.15. The monoisotopic (exact) mass is 360 g/mol. The number of aromatic nitrogens is 2. The number of rotatable bonds is 4. The number of amides is 1. The minimum absolute atomic E-state index is 0.125. The average molecular weight is 360 g/mol. The molecule has 138 valence electrons. The fraction of sp³-hybridized carbons (Fsp3) is 0.273. The highest BCUT2D eigenvalue weighted by Crippen LogP contribution is 2.18. The van der Waals surface area contributed by atoms with E-state index in [2.05, 4.69) is 28.1 Å². The Hall–Kier alpha value is -2.92. The van der Waals surface area contributed by atoms with E-state index in [-0.39, 0.29) is 5.91 Å². The van der Waals surface area contributed by atoms with Crippen molar-refractivity contribution < 1.29 is 4.79 Å². The maximum Gasteiger partial charge on any atom is 0.253 e. The smallest absolute Gasteiger partial charge is 0.253 e. The number of carbonyl (C=O) groups is 1. The quantitative estimate of drug-likeness (QED) is 0.775. The van der Waals surface area contributed by atoms with Gasteiger partial charge in [-0.2, -0.15) is 5.10 Å². The molecule has 0 saturated carbocycles. The molecule has 2 aromatic carbocycles. The fourth-order valence-electron chi connectivity index (χ4n) is 3.47. The normalized spacial score (nSPS) is 15.7. The maximum atomic E-state index is 12.7. The molecule has 0 unspecified atom stereocenters. The van der Waals surface area contributed by atoms with Crippen LogP contribution < -0.4 is 0 Å². The standard InChI is InChI=1S/C22H24N4O/c1-2-25-13-15-26(16-14-25)22(27)18-10-7-17(8-11-18)9-12-21-19-5-3-4-6-20(19)23-24-21/h3-12H,2,13-16H2,1H3,(H,23,24)/b12-9+. The molecular weight excluding hydrogens is 336 g/mol. The van der Waals surface area contributed by atoms with Gasteiger partial charge in [-0.05, 0) is 36.4 Å². The van der Waals surface area contributed by atoms with E-state index in [1.54, 1.807) is 0 Å². The van der Waals surface area contributed by atoms with Crippen LogP contribution >= 0.6 is 0 Å². The summed E-state index contributed by atoms with van der Waals surface area (Å²) in [5.41, 5.74) is 3.75. The van der Waals surface area contributed by atoms with Crippen molar-refractivity contribution in [2.75, 3.05) is 32.7 Å². The zero-order chi connectivity index (χ0) is 18.6. The predicted octanol–water partition coefficient (Wildman–Crippen LogP) is 3.51. The number of piperazine rings is 1. The Bertz CT molecular complexity index is 950. The van der Waals surface area contributed by atoms with Gasteiger partial charge in [-0.1, -0.05) is 43.3 Å². The summed E-state index contributed by atoms with van der Waals surface area (Å²) in [6.07, 6.45) is 4.02. The minimum Gasteiger partial charge on any atom is -0.336 e. The Balaban J connectivity index is 1.44. The van der Waals surface area contributed by atoms with Crippen LogP contribution in [0.4, 0.5) is 0 Å². The Kier molecular flexibility index (Phi) is 5.03. The third kappa shape index (κ3) is 3.78. The lowest BCUT2D eigenvalue weighted by Gasteiger charge is -2.34. The molecule has 1 N–H and O–H groups in total. The highest BCUT2D eigenvalue weighted by molar-refractivity contribution is 5.95. The molecule has 0 spiro atoms. The zero-order valence-electron chi connectivity index (χ0n) is 15.6. The third-order valence-electron chi connectivity index (χ3n) is 5.20. The predicted molar refractivity (Wildman–Crippen MR) is 109 cm³/mol. The number of nitrogens with one attached hydrogen (secondary N) is 1. The van der Waals surface area contributed by atoms with Gasteiger partial charge >= 0.3 is 0 Å². The first kappa shape index (κ1) is 17.5. The number of nitrogens with zero attached hydrogens (tertiary/aromatic N) is 3. The Morgan fingerprint density at radius 2 is 1.78 bits per heavy atom. The molecule has 3 aromatic rings. The first-order chi connectivity index (χ1) is 13.2. The number of likely N-dealkylation sites (N-methyl/N-ethyl adjacent to an activating group) is 1. The van der Waals surface area contributed by atoms with Gasteiger partial charge in [0.05, 0.1) is 11.2 Å². The Morgan fingerprint density at radius 3 is 2.52 bits per heavy atom. The van der Waals surface area contributed by atoms with Crippen LogP contribution in [0.2, 0.25) is 0 Å². The molecule has 1 aliphatic rings. The van der Waals surface area contributed by atoms with Crippen LogP contribution in [0.15, 0.2) is 48.5 Å². The van der Waals surface area contributed by atoms with Crippen molar-refractivity contribution in [2.45, 2.75) is 6.92 Å². The second kappa shape index (κ2) is 7.76. The van der Waals surface area contributed by atoms with E-state index < -0.39 is 0 Å². The summed E-state index contributed by atoms with van der Waals surface area (Å²) in [5.74, 6) is 0.125. The van der Waals surface area contributed by atoms with Crippen molar-refractivity contribution >= 4 is 29.0 Å². The molecule has 27 heavy (non-hydrogen) atoms. The lowest BCUT2D eigenvalue weighted by molar-refractivity contribution is 0.0643. The molecule has 5 nitrogen and oxygen atoms in total. The number of fused-ring (bicyclic) bond motifs is 1. The number of benzene rings is 2. The number of hydrogen-bond donors (Lipinski definition) is 1. The topological polar surface area (TPSA) is 52.2 Å². The molecule has 1 aliphatic heterocycles. The molecule has 0 radical (unpaired) electrons. The van der Waals surface area contributed by atoms with E-state index in [4.69, 9.17) is 0 Å². The molecule has 1 aromatic heterocycles. The molecule has 4 rings (SSSR count). The van der Waals surface area contributed by atoms with Gasteiger partial charge in [0, 0.05) is 37.1 Å². The van der Waals surface area contributed by atoms with Crippen LogP contribution in [0.25, 0.3) is 23.1 Å². The number of para-hydroxylation sites is 1. The second-order valence-corrected chi connectivity index (χ2v) is 6.84. The van der Waals surface area contributed by atoms with Crippen molar-refractivity contribution in [2.24, 2.45) is 0 Å². The molecule has 0 atom stereocenters. The van der Waals surface area contributed by atoms with Gasteiger partial charge in [-0.15, -0.1) is 0 Å². The van der Waals surface area contributed by atoms with Crippen LogP contribution in [0.3, 0.4) is 0 Å². The zero-order valence-corrected chi connectivity index (χ0v) is 15.6. The molecule has 1 saturated heterocycles. The molecule has 2 heterocycles. The minimum atomic E-state index is 0.125. The van der Waals surface area contributed by atoms with E-state index in [1.807, 2.05) is 59.5 Å². The van der Waals surface area contributed by atoms with Gasteiger partial charge in [-0.3, -0.25) is 9.89 Å². The van der Waals surface area contributed by atoms with Gasteiger partial charge < -0.3 is 9.80 Å². The molecule has 5 heteroatoms. The van der Waals surface area contributed by atoms with E-state index in [9.17, 15) is 4.79 Å². The van der Waals surface area contributed by atoms with Crippen molar-refractivity contribution in [3.8, 4) is 0 Å². The summed E-state index contributed by atoms with van der Waals surface area (Å²) in [5, 5.41) is 8.49. The van der Waals surface area contributed by atoms with E-state index in [1.165, 1.54) is 0 Å². The summed E-state index contributed by atoms with van der Waals surface area (Å²) < 4.78 is 0. The SMILES string of the molecule is CCN1CCN(C(=O)c2ccc(/C=C/c3n[nH]c4ccccc34)cc2)CC1. The van der Waals surface area contributed by atoms with Crippen LogP contribution in [0, 0.1) is 0 Å². The van der Waals surface area contributed by atoms with Crippen LogP contribution in [0.5, 0.6) is 0 Å². The Labute approximate surface area is 159 Å². The largest absolute Gasteiger partial charge is 0.336 e. The lowest BCUT2D eigenvalue weighted by Crippen LogP contribution is -2.48. The van der Waals surface area contributed by atoms with E-state index >= 15 is 0 Å². The summed E-state index contributed by atoms with van der Waals surface area (Å²) in [7, 11) is 0. The molecule has 1 amide bonds. The van der Waals surface area contributed by atoms with Crippen molar-refractivity contribution in [3.63, 3.8) is 0 Å². The van der Waals surface area contributed by atoms with Gasteiger partial charge in [0.2, 0.25) is 0 Å². The van der Waals surface area contributed by atoms with Crippen molar-refractivity contribution in [1.29, 1.82) is 0 Å². The lowest BCUT2D eigenvalue weighted by atomic mass is 10.1. The highest BCUT2D eigenvalue weighted by Gasteiger charge is 2.21. The first-order valence-electron chi connectivity index (χ1n) is 9.47. The first-order valence-corrected chi connectivity index (χ1v) is 9.47. The van der Waals surface area contributed by atoms with Crippen molar-refractivity contribution in [1.82, 2.24) is 20.0 Å². The van der Waals surface area contributed by atoms with Gasteiger partial charge in [-0.25, -0.2) is 0 Å². The van der Waals surface area contributed by atoms with Gasteiger partial charge in [0.15, 0.2) is 0 Å². The molecule has 0 aliphatic carbocycles. The van der Waals surface area contributed by atoms with Crippen LogP contribution in [-0.2, 0) is 0 Å². The molecular formula is C22H24N4O. The fourth-order valence-corrected chi connectivity index (χ4v) is 3.47. The summed E-state index contributed by atoms with van der Waals surface area (Å²) in [6.45, 7) is 6.74. The number of aromatic amines is 1. The summed E-state index contributed by atoms with van der Waals surface area (Å²) >= 11 is 0. The van der Waals surface area contributed by atoms with Crippen LogP contribution in [-0.4, -0.2) is 58.6 Å². The number of carbonyl (C=O) groups excluding carboxylic acids is 1. The highest BCUT2D eigenvalue weighted by atomic mass is 16.2. The second-order valence-electron chi connectivity index (χ2n) is 6.84. The summed E-state index contributed by atoms with van der Waals surface area (Å²) in [6, 6.07) is 15.9. The van der Waals surface area contributed by atoms with Crippen molar-refractivity contribution in [3.05, 3.63) is 65.4 Å². The van der Waals surface area contributed by atoms with E-state index in [0.29, 0.717) is 0 Å². The molecule has 1 fully saturated rings. The Morgan fingerprint density at radius 1 is 1.04 bits per heavy atom. The van der Waals surface area contributed by atoms with Crippen LogP contribution in [0.1, 0.15) is 28.5 Å². The van der Waals surface area contributed by atoms with E-state index in [0.717, 1.165) is 60.4 Å². The molecule has 0 bridgehead atoms. The number of hydrogen-bond acceptors (Lipinski definition) is 3. The number of H-pyrrole nitrogens is 1.